The minimum Gasteiger partial charge on any atom is -0.443 e. The summed E-state index contributed by atoms with van der Waals surface area (Å²) in [5.74, 6) is 0. The molecule has 120 valence electrons. The van der Waals surface area contributed by atoms with E-state index in [1.54, 1.807) is 4.90 Å². The zero-order valence-electron chi connectivity index (χ0n) is 13.8. The molecule has 0 saturated carbocycles. The number of para-hydroxylation sites is 1. The molecular formula is C18H26N2O2. The highest BCUT2D eigenvalue weighted by Crippen LogP contribution is 2.32. The molecule has 2 rings (SSSR count). The van der Waals surface area contributed by atoms with E-state index in [-0.39, 0.29) is 6.09 Å². The Bertz CT molecular complexity index is 547. The van der Waals surface area contributed by atoms with Gasteiger partial charge in [0.2, 0.25) is 0 Å². The van der Waals surface area contributed by atoms with Crippen molar-refractivity contribution < 1.29 is 9.53 Å². The molecule has 1 amide bonds. The molecular weight excluding hydrogens is 276 g/mol. The highest BCUT2D eigenvalue weighted by Gasteiger charge is 2.28. The van der Waals surface area contributed by atoms with Crippen LogP contribution in [0.15, 0.2) is 30.9 Å². The molecule has 0 unspecified atom stereocenters. The van der Waals surface area contributed by atoms with Crippen LogP contribution in [-0.2, 0) is 17.7 Å². The minimum atomic E-state index is -0.481. The van der Waals surface area contributed by atoms with Crippen LogP contribution >= 0.6 is 0 Å². The fourth-order valence-electron chi connectivity index (χ4n) is 2.68. The largest absolute Gasteiger partial charge is 0.443 e. The Hall–Kier alpha value is -1.81. The second kappa shape index (κ2) is 6.97. The number of carbonyl (C=O) groups is 1. The summed E-state index contributed by atoms with van der Waals surface area (Å²) in [5.41, 5.74) is 2.88. The van der Waals surface area contributed by atoms with Gasteiger partial charge in [0.15, 0.2) is 0 Å². The third-order valence-electron chi connectivity index (χ3n) is 3.52. The quantitative estimate of drug-likeness (QED) is 0.682. The Morgan fingerprint density at radius 1 is 1.45 bits per heavy atom. The Morgan fingerprint density at radius 2 is 2.23 bits per heavy atom. The number of carbonyl (C=O) groups excluding carboxylic acids is 1. The molecule has 0 aliphatic carbocycles. The van der Waals surface area contributed by atoms with E-state index in [0.717, 1.165) is 30.6 Å². The van der Waals surface area contributed by atoms with Crippen molar-refractivity contribution in [1.29, 1.82) is 0 Å². The number of anilines is 1. The van der Waals surface area contributed by atoms with Gasteiger partial charge in [0.1, 0.15) is 5.60 Å². The summed E-state index contributed by atoms with van der Waals surface area (Å²) in [6.07, 6.45) is 3.55. The van der Waals surface area contributed by atoms with Crippen LogP contribution in [0.5, 0.6) is 0 Å². The van der Waals surface area contributed by atoms with Gasteiger partial charge in [-0.3, -0.25) is 4.90 Å². The number of fused-ring (bicyclic) bond motifs is 1. The van der Waals surface area contributed by atoms with Crippen molar-refractivity contribution in [2.24, 2.45) is 0 Å². The molecule has 0 saturated heterocycles. The molecule has 0 atom stereocenters. The summed E-state index contributed by atoms with van der Waals surface area (Å²) in [4.78, 5) is 14.3. The van der Waals surface area contributed by atoms with Crippen molar-refractivity contribution >= 4 is 11.8 Å². The molecule has 1 heterocycles. The molecule has 4 heteroatoms. The molecule has 1 aromatic carbocycles. The lowest BCUT2D eigenvalue weighted by atomic mass is 9.98. The standard InChI is InChI=1S/C18H26N2O2/c1-5-11-19-13-15-9-6-8-14-10-7-12-20(16(14)15)17(21)22-18(2,3)4/h5-6,8-9,19H,1,7,10-13H2,2-4H3. The second-order valence-corrected chi connectivity index (χ2v) is 6.58. The number of nitrogens with one attached hydrogen (secondary N) is 1. The fraction of sp³-hybridized carbons (Fsp3) is 0.500. The predicted octanol–water partition coefficient (Wildman–Crippen LogP) is 3.65. The van der Waals surface area contributed by atoms with Crippen molar-refractivity contribution in [2.75, 3.05) is 18.0 Å². The van der Waals surface area contributed by atoms with Gasteiger partial charge in [0.25, 0.3) is 0 Å². The molecule has 4 nitrogen and oxygen atoms in total. The maximum absolute atomic E-state index is 12.5. The first-order valence-corrected chi connectivity index (χ1v) is 7.85. The Labute approximate surface area is 133 Å². The van der Waals surface area contributed by atoms with Gasteiger partial charge in [-0.1, -0.05) is 24.3 Å². The van der Waals surface area contributed by atoms with Crippen molar-refractivity contribution in [3.63, 3.8) is 0 Å². The highest BCUT2D eigenvalue weighted by molar-refractivity contribution is 5.90. The van der Waals surface area contributed by atoms with E-state index in [1.165, 1.54) is 5.56 Å². The number of rotatable bonds is 4. The monoisotopic (exact) mass is 302 g/mol. The average molecular weight is 302 g/mol. The third kappa shape index (κ3) is 4.10. The number of amides is 1. The summed E-state index contributed by atoms with van der Waals surface area (Å²) in [5, 5.41) is 3.31. The van der Waals surface area contributed by atoms with Gasteiger partial charge in [-0.2, -0.15) is 0 Å². The Balaban J connectivity index is 2.27. The van der Waals surface area contributed by atoms with Gasteiger partial charge in [0, 0.05) is 19.6 Å². The predicted molar refractivity (Wildman–Crippen MR) is 90.2 cm³/mol. The van der Waals surface area contributed by atoms with E-state index >= 15 is 0 Å². The summed E-state index contributed by atoms with van der Waals surface area (Å²) >= 11 is 0. The molecule has 0 spiro atoms. The van der Waals surface area contributed by atoms with Crippen molar-refractivity contribution in [3.8, 4) is 0 Å². The SMILES string of the molecule is C=CCNCc1cccc2c1N(C(=O)OC(C)(C)C)CCC2. The number of aryl methyl sites for hydroxylation is 1. The van der Waals surface area contributed by atoms with Gasteiger partial charge in [-0.05, 0) is 44.7 Å². The molecule has 1 N–H and O–H groups in total. The summed E-state index contributed by atoms with van der Waals surface area (Å²) in [6, 6.07) is 6.23. The number of benzene rings is 1. The lowest BCUT2D eigenvalue weighted by Gasteiger charge is -2.33. The molecule has 22 heavy (non-hydrogen) atoms. The van der Waals surface area contributed by atoms with Crippen LogP contribution in [-0.4, -0.2) is 24.8 Å². The van der Waals surface area contributed by atoms with Crippen LogP contribution in [0.3, 0.4) is 0 Å². The fourth-order valence-corrected chi connectivity index (χ4v) is 2.68. The molecule has 0 aromatic heterocycles. The van der Waals surface area contributed by atoms with E-state index in [1.807, 2.05) is 26.8 Å². The minimum absolute atomic E-state index is 0.260. The van der Waals surface area contributed by atoms with E-state index in [4.69, 9.17) is 4.74 Å². The molecule has 1 aliphatic heterocycles. The van der Waals surface area contributed by atoms with Gasteiger partial charge < -0.3 is 10.1 Å². The highest BCUT2D eigenvalue weighted by atomic mass is 16.6. The normalized spacial score (nSPS) is 14.4. The number of ether oxygens (including phenoxy) is 1. The summed E-state index contributed by atoms with van der Waals surface area (Å²) in [6.45, 7) is 11.6. The van der Waals surface area contributed by atoms with Gasteiger partial charge in [-0.25, -0.2) is 4.79 Å². The molecule has 1 aliphatic rings. The van der Waals surface area contributed by atoms with Gasteiger partial charge in [0.05, 0.1) is 5.69 Å². The molecule has 0 radical (unpaired) electrons. The smallest absolute Gasteiger partial charge is 0.414 e. The topological polar surface area (TPSA) is 41.6 Å². The zero-order chi connectivity index (χ0) is 16.2. The lowest BCUT2D eigenvalue weighted by molar-refractivity contribution is 0.0577. The van der Waals surface area contributed by atoms with E-state index < -0.39 is 5.60 Å². The van der Waals surface area contributed by atoms with Gasteiger partial charge >= 0.3 is 6.09 Å². The summed E-state index contributed by atoms with van der Waals surface area (Å²) < 4.78 is 5.57. The van der Waals surface area contributed by atoms with Crippen LogP contribution in [0, 0.1) is 0 Å². The van der Waals surface area contributed by atoms with Crippen molar-refractivity contribution in [1.82, 2.24) is 5.32 Å². The van der Waals surface area contributed by atoms with E-state index in [9.17, 15) is 4.79 Å². The van der Waals surface area contributed by atoms with Gasteiger partial charge in [-0.15, -0.1) is 6.58 Å². The molecule has 0 fully saturated rings. The second-order valence-electron chi connectivity index (χ2n) is 6.58. The van der Waals surface area contributed by atoms with E-state index in [2.05, 4.69) is 30.1 Å². The van der Waals surface area contributed by atoms with Crippen LogP contribution in [0.4, 0.5) is 10.5 Å². The number of hydrogen-bond acceptors (Lipinski definition) is 3. The Kier molecular flexibility index (Phi) is 5.24. The van der Waals surface area contributed by atoms with Crippen molar-refractivity contribution in [2.45, 2.75) is 45.8 Å². The van der Waals surface area contributed by atoms with Crippen LogP contribution in [0.1, 0.15) is 38.3 Å². The number of hydrogen-bond donors (Lipinski definition) is 1. The number of nitrogens with zero attached hydrogens (tertiary/aromatic N) is 1. The maximum atomic E-state index is 12.5. The first kappa shape index (κ1) is 16.6. The third-order valence-corrected chi connectivity index (χ3v) is 3.52. The summed E-state index contributed by atoms with van der Waals surface area (Å²) in [7, 11) is 0. The van der Waals surface area contributed by atoms with Crippen LogP contribution in [0.25, 0.3) is 0 Å². The Morgan fingerprint density at radius 3 is 2.91 bits per heavy atom. The van der Waals surface area contributed by atoms with Crippen LogP contribution < -0.4 is 10.2 Å². The molecule has 0 bridgehead atoms. The first-order chi connectivity index (χ1) is 10.4. The zero-order valence-corrected chi connectivity index (χ0v) is 13.8. The average Bonchev–Trinajstić information content (AvgIpc) is 2.45. The van der Waals surface area contributed by atoms with Crippen LogP contribution in [0.2, 0.25) is 0 Å². The lowest BCUT2D eigenvalue weighted by Crippen LogP contribution is -2.40. The van der Waals surface area contributed by atoms with Crippen molar-refractivity contribution in [3.05, 3.63) is 42.0 Å². The maximum Gasteiger partial charge on any atom is 0.414 e. The first-order valence-electron chi connectivity index (χ1n) is 7.85. The van der Waals surface area contributed by atoms with E-state index in [0.29, 0.717) is 13.1 Å². The molecule has 1 aromatic rings.